The van der Waals surface area contributed by atoms with Gasteiger partial charge in [-0.2, -0.15) is 0 Å². The molecule has 0 spiro atoms. The van der Waals surface area contributed by atoms with Crippen molar-refractivity contribution in [3.05, 3.63) is 53.6 Å². The van der Waals surface area contributed by atoms with Crippen molar-refractivity contribution in [3.8, 4) is 5.75 Å². The van der Waals surface area contributed by atoms with E-state index in [0.29, 0.717) is 17.9 Å². The van der Waals surface area contributed by atoms with Crippen molar-refractivity contribution < 1.29 is 9.53 Å². The van der Waals surface area contributed by atoms with Gasteiger partial charge in [0.2, 0.25) is 0 Å². The molecule has 1 aromatic heterocycles. The van der Waals surface area contributed by atoms with Crippen LogP contribution in [0.5, 0.6) is 5.75 Å². The maximum absolute atomic E-state index is 13.4. The SMILES string of the molecule is COc1ccccc1C(=O)N(CCCN(C)C)c1nc2c(C)cccc2s1.Cl. The van der Waals surface area contributed by atoms with E-state index in [4.69, 9.17) is 9.72 Å². The predicted molar refractivity (Wildman–Crippen MR) is 119 cm³/mol. The quantitative estimate of drug-likeness (QED) is 0.560. The van der Waals surface area contributed by atoms with E-state index in [1.54, 1.807) is 29.4 Å². The lowest BCUT2D eigenvalue weighted by Gasteiger charge is -2.22. The van der Waals surface area contributed by atoms with Gasteiger partial charge in [-0.3, -0.25) is 9.69 Å². The molecule has 0 atom stereocenters. The largest absolute Gasteiger partial charge is 0.496 e. The van der Waals surface area contributed by atoms with Gasteiger partial charge in [-0.15, -0.1) is 12.4 Å². The molecule has 5 nitrogen and oxygen atoms in total. The number of hydrogen-bond donors (Lipinski definition) is 0. The van der Waals surface area contributed by atoms with Crippen LogP contribution in [0, 0.1) is 6.92 Å². The van der Waals surface area contributed by atoms with Gasteiger partial charge in [0.1, 0.15) is 5.75 Å². The Bertz CT molecular complexity index is 942. The van der Waals surface area contributed by atoms with Gasteiger partial charge in [-0.25, -0.2) is 4.98 Å². The monoisotopic (exact) mass is 419 g/mol. The van der Waals surface area contributed by atoms with Crippen molar-refractivity contribution in [2.45, 2.75) is 13.3 Å². The fourth-order valence-corrected chi connectivity index (χ4v) is 4.05. The highest BCUT2D eigenvalue weighted by Crippen LogP contribution is 2.32. The summed E-state index contributed by atoms with van der Waals surface area (Å²) in [5.74, 6) is 0.500. The summed E-state index contributed by atoms with van der Waals surface area (Å²) >= 11 is 1.55. The number of hydrogen-bond acceptors (Lipinski definition) is 5. The summed E-state index contributed by atoms with van der Waals surface area (Å²) in [6.07, 6.45) is 0.864. The Morgan fingerprint density at radius 2 is 1.86 bits per heavy atom. The van der Waals surface area contributed by atoms with Crippen LogP contribution in [0.25, 0.3) is 10.2 Å². The van der Waals surface area contributed by atoms with E-state index in [1.807, 2.05) is 51.4 Å². The number of benzene rings is 2. The average Bonchev–Trinajstić information content (AvgIpc) is 3.10. The first kappa shape index (κ1) is 22.1. The van der Waals surface area contributed by atoms with E-state index in [-0.39, 0.29) is 18.3 Å². The molecule has 0 unspecified atom stereocenters. The van der Waals surface area contributed by atoms with Crippen LogP contribution in [-0.4, -0.2) is 50.1 Å². The number of carbonyl (C=O) groups is 1. The fourth-order valence-electron chi connectivity index (χ4n) is 2.99. The minimum absolute atomic E-state index is 0. The lowest BCUT2D eigenvalue weighted by atomic mass is 10.1. The topological polar surface area (TPSA) is 45.7 Å². The first-order valence-corrected chi connectivity index (χ1v) is 9.78. The zero-order valence-electron chi connectivity index (χ0n) is 16.6. The molecular formula is C21H26ClN3O2S. The van der Waals surface area contributed by atoms with Crippen molar-refractivity contribution in [3.63, 3.8) is 0 Å². The molecule has 0 fully saturated rings. The minimum Gasteiger partial charge on any atom is -0.496 e. The number of aryl methyl sites for hydroxylation is 1. The highest BCUT2D eigenvalue weighted by molar-refractivity contribution is 7.22. The van der Waals surface area contributed by atoms with Gasteiger partial charge in [-0.1, -0.05) is 35.6 Å². The van der Waals surface area contributed by atoms with Gasteiger partial charge >= 0.3 is 0 Å². The lowest BCUT2D eigenvalue weighted by Crippen LogP contribution is -2.33. The van der Waals surface area contributed by atoms with Crippen molar-refractivity contribution in [2.24, 2.45) is 0 Å². The standard InChI is InChI=1S/C21H25N3O2S.ClH/c1-15-9-7-12-18-19(15)22-21(27-18)24(14-8-13-23(2)3)20(25)16-10-5-6-11-17(16)26-4;/h5-7,9-12H,8,13-14H2,1-4H3;1H. The molecule has 0 saturated heterocycles. The number of ether oxygens (including phenoxy) is 1. The van der Waals surface area contributed by atoms with Gasteiger partial charge in [-0.05, 0) is 57.7 Å². The van der Waals surface area contributed by atoms with E-state index in [2.05, 4.69) is 11.0 Å². The first-order valence-electron chi connectivity index (χ1n) is 8.97. The number of carbonyl (C=O) groups excluding carboxylic acids is 1. The number of amides is 1. The summed E-state index contributed by atoms with van der Waals surface area (Å²) in [7, 11) is 5.66. The van der Waals surface area contributed by atoms with Crippen LogP contribution in [0.1, 0.15) is 22.3 Å². The van der Waals surface area contributed by atoms with Gasteiger partial charge in [0.05, 0.1) is 22.9 Å². The molecule has 3 rings (SSSR count). The van der Waals surface area contributed by atoms with Gasteiger partial charge < -0.3 is 9.64 Å². The molecule has 1 heterocycles. The Morgan fingerprint density at radius 1 is 1.11 bits per heavy atom. The smallest absolute Gasteiger partial charge is 0.263 e. The maximum atomic E-state index is 13.4. The van der Waals surface area contributed by atoms with Crippen molar-refractivity contribution >= 4 is 45.0 Å². The third-order valence-electron chi connectivity index (χ3n) is 4.41. The molecule has 0 N–H and O–H groups in total. The van der Waals surface area contributed by atoms with Crippen LogP contribution in [0.2, 0.25) is 0 Å². The Hall–Kier alpha value is -2.15. The molecule has 28 heavy (non-hydrogen) atoms. The molecule has 3 aromatic rings. The number of anilines is 1. The van der Waals surface area contributed by atoms with Crippen LogP contribution >= 0.6 is 23.7 Å². The highest BCUT2D eigenvalue weighted by Gasteiger charge is 2.23. The summed E-state index contributed by atoms with van der Waals surface area (Å²) in [6.45, 7) is 3.55. The summed E-state index contributed by atoms with van der Waals surface area (Å²) < 4.78 is 6.49. The van der Waals surface area contributed by atoms with E-state index < -0.39 is 0 Å². The Morgan fingerprint density at radius 3 is 2.54 bits per heavy atom. The molecule has 1 amide bonds. The number of fused-ring (bicyclic) bond motifs is 1. The van der Waals surface area contributed by atoms with Crippen LogP contribution in [-0.2, 0) is 0 Å². The summed E-state index contributed by atoms with van der Waals surface area (Å²) in [5, 5.41) is 0.731. The molecule has 0 radical (unpaired) electrons. The number of thiazole rings is 1. The highest BCUT2D eigenvalue weighted by atomic mass is 35.5. The lowest BCUT2D eigenvalue weighted by molar-refractivity contribution is 0.0983. The van der Waals surface area contributed by atoms with Crippen molar-refractivity contribution in [2.75, 3.05) is 39.2 Å². The third-order valence-corrected chi connectivity index (χ3v) is 5.45. The van der Waals surface area contributed by atoms with Crippen molar-refractivity contribution in [1.29, 1.82) is 0 Å². The minimum atomic E-state index is -0.0806. The molecule has 7 heteroatoms. The summed E-state index contributed by atoms with van der Waals surface area (Å²) in [5.41, 5.74) is 2.64. The zero-order valence-corrected chi connectivity index (χ0v) is 18.3. The zero-order chi connectivity index (χ0) is 19.4. The second-order valence-electron chi connectivity index (χ2n) is 6.73. The number of rotatable bonds is 7. The fraction of sp³-hybridized carbons (Fsp3) is 0.333. The Labute approximate surface area is 176 Å². The molecule has 0 bridgehead atoms. The van der Waals surface area contributed by atoms with Crippen LogP contribution in [0.15, 0.2) is 42.5 Å². The van der Waals surface area contributed by atoms with Crippen molar-refractivity contribution in [1.82, 2.24) is 9.88 Å². The predicted octanol–water partition coefficient (Wildman–Crippen LogP) is 4.63. The molecule has 150 valence electrons. The number of methoxy groups -OCH3 is 1. The molecule has 0 aliphatic heterocycles. The van der Waals surface area contributed by atoms with Crippen LogP contribution in [0.3, 0.4) is 0 Å². The van der Waals surface area contributed by atoms with E-state index in [9.17, 15) is 4.79 Å². The summed E-state index contributed by atoms with van der Waals surface area (Å²) in [4.78, 5) is 22.0. The van der Waals surface area contributed by atoms with Gasteiger partial charge in [0.25, 0.3) is 5.91 Å². The van der Waals surface area contributed by atoms with E-state index in [0.717, 1.165) is 33.9 Å². The van der Waals surface area contributed by atoms with Crippen LogP contribution in [0.4, 0.5) is 5.13 Å². The average molecular weight is 420 g/mol. The molecule has 2 aromatic carbocycles. The number of aromatic nitrogens is 1. The Balaban J connectivity index is 0.00000280. The molecule has 0 saturated carbocycles. The van der Waals surface area contributed by atoms with E-state index in [1.165, 1.54) is 0 Å². The molecular weight excluding hydrogens is 394 g/mol. The first-order chi connectivity index (χ1) is 13.0. The maximum Gasteiger partial charge on any atom is 0.263 e. The number of halogens is 1. The number of nitrogens with zero attached hydrogens (tertiary/aromatic N) is 3. The number of para-hydroxylation sites is 2. The molecule has 0 aliphatic rings. The second-order valence-corrected chi connectivity index (χ2v) is 7.74. The Kier molecular flexibility index (Phi) is 7.80. The summed E-state index contributed by atoms with van der Waals surface area (Å²) in [6, 6.07) is 13.5. The van der Waals surface area contributed by atoms with Crippen LogP contribution < -0.4 is 9.64 Å². The van der Waals surface area contributed by atoms with Gasteiger partial charge in [0.15, 0.2) is 5.13 Å². The van der Waals surface area contributed by atoms with Gasteiger partial charge in [0, 0.05) is 6.54 Å². The normalized spacial score (nSPS) is 10.8. The second kappa shape index (κ2) is 9.87. The third kappa shape index (κ3) is 4.82. The van der Waals surface area contributed by atoms with E-state index >= 15 is 0 Å². The molecule has 0 aliphatic carbocycles.